The molecule has 0 aliphatic carbocycles. The Morgan fingerprint density at radius 3 is 0.558 bits per heavy atom. The molecule has 0 saturated carbocycles. The summed E-state index contributed by atoms with van der Waals surface area (Å²) in [7, 11) is 0. The molecule has 3 aliphatic rings. The SMILES string of the molecule is c1ccc([C@@H]2CN([S+](N3C[C@@H](c4ccccc4)[C@H](c4ccccc4)C3)N3C[C@@H](c4ccccc4)[C@H](c4ccccc4)C3)C[C@H]2c2ccccc2)cc1. The van der Waals surface area contributed by atoms with E-state index >= 15 is 0 Å². The second kappa shape index (κ2) is 15.3. The molecule has 0 amide bonds. The Kier molecular flexibility index (Phi) is 9.80. The fraction of sp³-hybridized carbons (Fsp3) is 0.250. The standard InChI is InChI=1S/C48H48N3S/c1-7-19-37(20-8-1)43-31-49(32-44(43)38-21-9-2-10-22-38)52(50-33-45(39-23-11-3-12-24-39)46(34-50)40-25-13-4-14-26-40)51-35-47(41-27-15-5-16-28-41)48(36-51)42-29-17-6-18-30-42/h1-30,43-48H,31-36H2/q+1/t43-,44-,45-,46-,47-,48-/m0/s1. The van der Waals surface area contributed by atoms with Gasteiger partial charge in [0.15, 0.2) is 0 Å². The van der Waals surface area contributed by atoms with E-state index in [1.807, 2.05) is 0 Å². The van der Waals surface area contributed by atoms with Crippen molar-refractivity contribution in [2.75, 3.05) is 39.3 Å². The van der Waals surface area contributed by atoms with Gasteiger partial charge in [0.2, 0.25) is 0 Å². The highest BCUT2D eigenvalue weighted by molar-refractivity contribution is 7.90. The van der Waals surface area contributed by atoms with Crippen molar-refractivity contribution in [1.29, 1.82) is 0 Å². The van der Waals surface area contributed by atoms with Crippen molar-refractivity contribution >= 4 is 11.5 Å². The predicted octanol–water partition coefficient (Wildman–Crippen LogP) is 10.00. The maximum absolute atomic E-state index is 2.90. The Morgan fingerprint density at radius 1 is 0.250 bits per heavy atom. The summed E-state index contributed by atoms with van der Waals surface area (Å²) in [4.78, 5) is 0. The van der Waals surface area contributed by atoms with Crippen molar-refractivity contribution in [3.05, 3.63) is 215 Å². The zero-order valence-corrected chi connectivity index (χ0v) is 30.6. The molecule has 0 bridgehead atoms. The minimum atomic E-state index is -0.217. The van der Waals surface area contributed by atoms with Crippen LogP contribution in [-0.4, -0.2) is 52.2 Å². The van der Waals surface area contributed by atoms with Gasteiger partial charge in [0.05, 0.1) is 39.3 Å². The van der Waals surface area contributed by atoms with E-state index in [2.05, 4.69) is 195 Å². The van der Waals surface area contributed by atoms with Crippen LogP contribution < -0.4 is 0 Å². The molecule has 4 heteroatoms. The molecule has 9 rings (SSSR count). The highest BCUT2D eigenvalue weighted by Gasteiger charge is 2.57. The van der Waals surface area contributed by atoms with Crippen LogP contribution in [0.2, 0.25) is 0 Å². The number of nitrogens with zero attached hydrogens (tertiary/aromatic N) is 3. The number of hydrogen-bond acceptors (Lipinski definition) is 3. The maximum Gasteiger partial charge on any atom is 0.268 e. The van der Waals surface area contributed by atoms with Gasteiger partial charge in [0.25, 0.3) is 11.5 Å². The van der Waals surface area contributed by atoms with Crippen molar-refractivity contribution < 1.29 is 0 Å². The zero-order valence-electron chi connectivity index (χ0n) is 29.8. The first-order chi connectivity index (χ1) is 25.8. The van der Waals surface area contributed by atoms with Crippen LogP contribution in [0.15, 0.2) is 182 Å². The summed E-state index contributed by atoms with van der Waals surface area (Å²) < 4.78 is 8.71. The van der Waals surface area contributed by atoms with E-state index in [4.69, 9.17) is 0 Å². The van der Waals surface area contributed by atoms with Gasteiger partial charge in [-0.15, -0.1) is 0 Å². The highest BCUT2D eigenvalue weighted by Crippen LogP contribution is 2.49. The van der Waals surface area contributed by atoms with Crippen LogP contribution >= 0.6 is 0 Å². The topological polar surface area (TPSA) is 9.72 Å². The lowest BCUT2D eigenvalue weighted by molar-refractivity contribution is 0.405. The lowest BCUT2D eigenvalue weighted by Crippen LogP contribution is -2.51. The van der Waals surface area contributed by atoms with Crippen LogP contribution in [0.5, 0.6) is 0 Å². The van der Waals surface area contributed by atoms with E-state index in [-0.39, 0.29) is 11.5 Å². The minimum absolute atomic E-state index is 0.217. The summed E-state index contributed by atoms with van der Waals surface area (Å²) in [5, 5.41) is 0. The molecule has 3 saturated heterocycles. The van der Waals surface area contributed by atoms with Gasteiger partial charge in [-0.3, -0.25) is 0 Å². The second-order valence-electron chi connectivity index (χ2n) is 14.9. The van der Waals surface area contributed by atoms with E-state index < -0.39 is 0 Å². The van der Waals surface area contributed by atoms with Gasteiger partial charge >= 0.3 is 0 Å². The third-order valence-electron chi connectivity index (χ3n) is 11.9. The van der Waals surface area contributed by atoms with Crippen molar-refractivity contribution in [2.24, 2.45) is 0 Å². The summed E-state index contributed by atoms with van der Waals surface area (Å²) >= 11 is -0.217. The Hall–Kier alpha value is -4.45. The fourth-order valence-corrected chi connectivity index (χ4v) is 12.2. The van der Waals surface area contributed by atoms with Crippen molar-refractivity contribution in [3.8, 4) is 0 Å². The Balaban J connectivity index is 1.13. The van der Waals surface area contributed by atoms with Crippen LogP contribution in [0.25, 0.3) is 0 Å². The first-order valence-electron chi connectivity index (χ1n) is 19.1. The molecular formula is C48H48N3S+. The van der Waals surface area contributed by atoms with E-state index in [9.17, 15) is 0 Å². The molecule has 3 aliphatic heterocycles. The molecule has 0 aromatic heterocycles. The Morgan fingerprint density at radius 2 is 0.404 bits per heavy atom. The highest BCUT2D eigenvalue weighted by atomic mass is 32.2. The van der Waals surface area contributed by atoms with Crippen molar-refractivity contribution in [1.82, 2.24) is 12.9 Å². The van der Waals surface area contributed by atoms with Gasteiger partial charge < -0.3 is 0 Å². The quantitative estimate of drug-likeness (QED) is 0.139. The van der Waals surface area contributed by atoms with Crippen LogP contribution in [0, 0.1) is 0 Å². The molecule has 260 valence electrons. The molecule has 3 heterocycles. The van der Waals surface area contributed by atoms with E-state index in [1.165, 1.54) is 33.4 Å². The number of benzene rings is 6. The molecule has 0 N–H and O–H groups in total. The average molecular weight is 699 g/mol. The largest absolute Gasteiger partial charge is 0.268 e. The smallest absolute Gasteiger partial charge is 0.0868 e. The minimum Gasteiger partial charge on any atom is -0.0868 e. The third kappa shape index (κ3) is 6.77. The molecule has 3 nitrogen and oxygen atoms in total. The zero-order chi connectivity index (χ0) is 34.7. The van der Waals surface area contributed by atoms with Gasteiger partial charge in [0.1, 0.15) is 0 Å². The summed E-state index contributed by atoms with van der Waals surface area (Å²) in [6.07, 6.45) is 0. The number of hydrogen-bond donors (Lipinski definition) is 0. The van der Waals surface area contributed by atoms with Crippen LogP contribution in [0.3, 0.4) is 0 Å². The van der Waals surface area contributed by atoms with E-state index in [1.54, 1.807) is 0 Å². The molecule has 0 unspecified atom stereocenters. The summed E-state index contributed by atoms with van der Waals surface area (Å²) in [5.74, 6) is 2.63. The Bertz CT molecular complexity index is 1620. The molecule has 6 aromatic carbocycles. The monoisotopic (exact) mass is 698 g/mol. The first-order valence-corrected chi connectivity index (χ1v) is 20.2. The van der Waals surface area contributed by atoms with Crippen molar-refractivity contribution in [3.63, 3.8) is 0 Å². The summed E-state index contributed by atoms with van der Waals surface area (Å²) in [6, 6.07) is 68.0. The normalized spacial score (nSPS) is 25.6. The Labute approximate surface area is 313 Å². The van der Waals surface area contributed by atoms with Crippen LogP contribution in [0.4, 0.5) is 0 Å². The lowest BCUT2D eigenvalue weighted by Gasteiger charge is -2.28. The maximum atomic E-state index is 2.90. The number of rotatable bonds is 9. The lowest BCUT2D eigenvalue weighted by atomic mass is 9.84. The van der Waals surface area contributed by atoms with Crippen molar-refractivity contribution in [2.45, 2.75) is 35.5 Å². The average Bonchev–Trinajstić information content (AvgIpc) is 3.99. The fourth-order valence-electron chi connectivity index (χ4n) is 9.42. The summed E-state index contributed by atoms with van der Waals surface area (Å²) in [5.41, 5.74) is 8.74. The predicted molar refractivity (Wildman–Crippen MR) is 217 cm³/mol. The first kappa shape index (κ1) is 33.4. The van der Waals surface area contributed by atoms with Gasteiger partial charge in [-0.1, -0.05) is 195 Å². The van der Waals surface area contributed by atoms with Gasteiger partial charge in [-0.2, -0.15) is 0 Å². The molecule has 3 fully saturated rings. The molecule has 6 aromatic rings. The molecule has 0 radical (unpaired) electrons. The molecular weight excluding hydrogens is 651 g/mol. The van der Waals surface area contributed by atoms with E-state index in [0.29, 0.717) is 35.5 Å². The molecule has 0 spiro atoms. The summed E-state index contributed by atoms with van der Waals surface area (Å²) in [6.45, 7) is 6.32. The van der Waals surface area contributed by atoms with Crippen LogP contribution in [-0.2, 0) is 11.5 Å². The van der Waals surface area contributed by atoms with Gasteiger partial charge in [-0.25, -0.2) is 0 Å². The van der Waals surface area contributed by atoms with Gasteiger partial charge in [0, 0.05) is 35.5 Å². The molecule has 6 atom stereocenters. The third-order valence-corrected chi connectivity index (χ3v) is 14.2. The molecule has 52 heavy (non-hydrogen) atoms. The van der Waals surface area contributed by atoms with Crippen LogP contribution in [0.1, 0.15) is 68.9 Å². The van der Waals surface area contributed by atoms with Gasteiger partial charge in [-0.05, 0) is 33.4 Å². The van der Waals surface area contributed by atoms with E-state index in [0.717, 1.165) is 39.3 Å². The second-order valence-corrected chi connectivity index (χ2v) is 16.9.